The zero-order chi connectivity index (χ0) is 13.4. The van der Waals surface area contributed by atoms with E-state index in [4.69, 9.17) is 9.31 Å². The maximum absolute atomic E-state index is 12.5. The van der Waals surface area contributed by atoms with Gasteiger partial charge >= 0.3 is 13.2 Å². The van der Waals surface area contributed by atoms with Gasteiger partial charge in [-0.25, -0.2) is 9.97 Å². The first-order valence-corrected chi connectivity index (χ1v) is 5.81. The van der Waals surface area contributed by atoms with Gasteiger partial charge in [-0.1, -0.05) is 12.1 Å². The number of nitrogens with zero attached hydrogens (tertiary/aromatic N) is 2. The molecule has 1 aliphatic rings. The Morgan fingerprint density at radius 2 is 1.61 bits per heavy atom. The fourth-order valence-electron chi connectivity index (χ4n) is 1.57. The quantitative estimate of drug-likeness (QED) is 0.596. The largest absolute Gasteiger partial charge is 0.487 e. The molecule has 1 aromatic heterocycles. The highest BCUT2D eigenvalue weighted by Crippen LogP contribution is 2.36. The van der Waals surface area contributed by atoms with Crippen molar-refractivity contribution < 1.29 is 13.7 Å². The maximum atomic E-state index is 12.5. The van der Waals surface area contributed by atoms with Crippen molar-refractivity contribution in [1.82, 2.24) is 9.97 Å². The van der Waals surface area contributed by atoms with Crippen molar-refractivity contribution >= 4 is 13.2 Å². The normalized spacial score (nSPS) is 21.7. The van der Waals surface area contributed by atoms with Crippen molar-refractivity contribution in [2.45, 2.75) is 38.9 Å². The third-order valence-corrected chi connectivity index (χ3v) is 3.36. The Kier molecular flexibility index (Phi) is 3.25. The summed E-state index contributed by atoms with van der Waals surface area (Å²) >= 11 is 0. The first-order chi connectivity index (χ1) is 8.30. The number of rotatable bonds is 2. The smallest absolute Gasteiger partial charge is 0.400 e. The molecule has 96 valence electrons. The van der Waals surface area contributed by atoms with Crippen LogP contribution in [0.15, 0.2) is 18.4 Å². The molecule has 0 N–H and O–H groups in total. The van der Waals surface area contributed by atoms with Crippen molar-refractivity contribution in [2.24, 2.45) is 0 Å². The van der Waals surface area contributed by atoms with Crippen molar-refractivity contribution in [2.75, 3.05) is 0 Å². The molecule has 0 bridgehead atoms. The highest BCUT2D eigenvalue weighted by molar-refractivity contribution is 6.52. The maximum Gasteiger partial charge on any atom is 0.487 e. The number of hydrogen-bond donors (Lipinski definition) is 0. The van der Waals surface area contributed by atoms with Gasteiger partial charge in [0, 0.05) is 18.0 Å². The average molecular weight is 250 g/mol. The summed E-state index contributed by atoms with van der Waals surface area (Å²) in [6.07, 6.45) is 3.83. The van der Waals surface area contributed by atoms with Gasteiger partial charge in [0.05, 0.1) is 11.2 Å². The van der Waals surface area contributed by atoms with Crippen LogP contribution in [0.3, 0.4) is 0 Å². The molecule has 0 spiro atoms. The van der Waals surface area contributed by atoms with E-state index < -0.39 is 13.2 Å². The second kappa shape index (κ2) is 4.44. The average Bonchev–Trinajstić information content (AvgIpc) is 2.47. The lowest BCUT2D eigenvalue weighted by Crippen LogP contribution is -2.41. The summed E-state index contributed by atoms with van der Waals surface area (Å²) in [6, 6.07) is 0. The Labute approximate surface area is 106 Å². The van der Waals surface area contributed by atoms with Gasteiger partial charge in [-0.15, -0.1) is 0 Å². The molecule has 6 heteroatoms. The molecule has 2 rings (SSSR count). The second-order valence-electron chi connectivity index (χ2n) is 5.27. The summed E-state index contributed by atoms with van der Waals surface area (Å²) in [5, 5.41) is 0. The van der Waals surface area contributed by atoms with Crippen LogP contribution in [0.5, 0.6) is 0 Å². The highest BCUT2D eigenvalue weighted by atomic mass is 19.1. The van der Waals surface area contributed by atoms with Crippen LogP contribution in [0.25, 0.3) is 6.08 Å². The van der Waals surface area contributed by atoms with Gasteiger partial charge in [0.15, 0.2) is 0 Å². The molecule has 4 nitrogen and oxygen atoms in total. The Morgan fingerprint density at radius 3 is 2.11 bits per heavy atom. The molecule has 18 heavy (non-hydrogen) atoms. The fourth-order valence-corrected chi connectivity index (χ4v) is 1.57. The lowest BCUT2D eigenvalue weighted by molar-refractivity contribution is 0.00578. The summed E-state index contributed by atoms with van der Waals surface area (Å²) in [5.41, 5.74) is -0.0195. The molecule has 1 saturated heterocycles. The zero-order valence-electron chi connectivity index (χ0n) is 11.0. The molecular formula is C12H16BFN2O2. The van der Waals surface area contributed by atoms with E-state index in [9.17, 15) is 4.39 Å². The Balaban J connectivity index is 2.06. The summed E-state index contributed by atoms with van der Waals surface area (Å²) in [4.78, 5) is 6.94. The van der Waals surface area contributed by atoms with Crippen LogP contribution < -0.4 is 0 Å². The summed E-state index contributed by atoms with van der Waals surface area (Å²) in [7, 11) is -0.417. The van der Waals surface area contributed by atoms with E-state index in [-0.39, 0.29) is 11.2 Å². The number of aromatic nitrogens is 2. The molecular weight excluding hydrogens is 234 g/mol. The molecule has 1 fully saturated rings. The number of hydrogen-bond acceptors (Lipinski definition) is 4. The monoisotopic (exact) mass is 250 g/mol. The fraction of sp³-hybridized carbons (Fsp3) is 0.500. The molecule has 0 amide bonds. The van der Waals surface area contributed by atoms with Gasteiger partial charge in [-0.2, -0.15) is 4.39 Å². The standard InChI is InChI=1S/C12H16BFN2O2/c1-11(2)12(3,4)18-13(17-11)6-5-9-7-15-10(14)16-8-9/h5-8H,1-4H3. The minimum atomic E-state index is -0.734. The van der Waals surface area contributed by atoms with Crippen molar-refractivity contribution in [3.8, 4) is 0 Å². The van der Waals surface area contributed by atoms with Crippen LogP contribution in [0.4, 0.5) is 4.39 Å². The second-order valence-corrected chi connectivity index (χ2v) is 5.27. The molecule has 0 saturated carbocycles. The summed E-state index contributed by atoms with van der Waals surface area (Å²) in [5.74, 6) is 1.77. The minimum absolute atomic E-state index is 0.360. The van der Waals surface area contributed by atoms with E-state index in [1.165, 1.54) is 12.4 Å². The Morgan fingerprint density at radius 1 is 1.11 bits per heavy atom. The van der Waals surface area contributed by atoms with Crippen LogP contribution in [0.2, 0.25) is 0 Å². The van der Waals surface area contributed by atoms with Crippen LogP contribution in [-0.2, 0) is 9.31 Å². The summed E-state index contributed by atoms with van der Waals surface area (Å²) < 4.78 is 24.1. The van der Waals surface area contributed by atoms with Gasteiger partial charge in [0.1, 0.15) is 0 Å². The molecule has 0 unspecified atom stereocenters. The van der Waals surface area contributed by atoms with Gasteiger partial charge in [0.2, 0.25) is 0 Å². The lowest BCUT2D eigenvalue weighted by atomic mass is 9.89. The lowest BCUT2D eigenvalue weighted by Gasteiger charge is -2.32. The highest BCUT2D eigenvalue weighted by Gasteiger charge is 2.49. The third-order valence-electron chi connectivity index (χ3n) is 3.36. The predicted molar refractivity (Wildman–Crippen MR) is 67.1 cm³/mol. The van der Waals surface area contributed by atoms with Crippen LogP contribution >= 0.6 is 0 Å². The Bertz CT molecular complexity index is 444. The van der Waals surface area contributed by atoms with Crippen LogP contribution in [0.1, 0.15) is 33.3 Å². The van der Waals surface area contributed by atoms with Crippen LogP contribution in [-0.4, -0.2) is 28.3 Å². The first-order valence-electron chi connectivity index (χ1n) is 5.81. The molecule has 1 aliphatic heterocycles. The first kappa shape index (κ1) is 13.2. The molecule has 2 heterocycles. The molecule has 0 atom stereocenters. The SMILES string of the molecule is CC1(C)OB(C=Cc2cnc(F)nc2)OC1(C)C. The van der Waals surface area contributed by atoms with E-state index in [2.05, 4.69) is 9.97 Å². The Hall–Kier alpha value is -1.27. The third kappa shape index (κ3) is 2.59. The topological polar surface area (TPSA) is 44.2 Å². The molecule has 0 radical (unpaired) electrons. The zero-order valence-corrected chi connectivity index (χ0v) is 11.0. The van der Waals surface area contributed by atoms with Gasteiger partial charge in [0.25, 0.3) is 0 Å². The van der Waals surface area contributed by atoms with E-state index in [0.29, 0.717) is 5.56 Å². The molecule has 0 aliphatic carbocycles. The summed E-state index contributed by atoms with van der Waals surface area (Å²) in [6.45, 7) is 7.95. The number of halogens is 1. The molecule has 1 aromatic rings. The van der Waals surface area contributed by atoms with E-state index >= 15 is 0 Å². The van der Waals surface area contributed by atoms with Crippen molar-refractivity contribution in [3.63, 3.8) is 0 Å². The van der Waals surface area contributed by atoms with Gasteiger partial charge < -0.3 is 9.31 Å². The van der Waals surface area contributed by atoms with E-state index in [1.54, 1.807) is 12.1 Å². The van der Waals surface area contributed by atoms with Crippen LogP contribution in [0, 0.1) is 6.08 Å². The van der Waals surface area contributed by atoms with Crippen molar-refractivity contribution in [1.29, 1.82) is 0 Å². The minimum Gasteiger partial charge on any atom is -0.400 e. The van der Waals surface area contributed by atoms with Gasteiger partial charge in [-0.05, 0) is 27.7 Å². The van der Waals surface area contributed by atoms with E-state index in [1.807, 2.05) is 27.7 Å². The van der Waals surface area contributed by atoms with Gasteiger partial charge in [-0.3, -0.25) is 0 Å². The molecule has 0 aromatic carbocycles. The van der Waals surface area contributed by atoms with E-state index in [0.717, 1.165) is 0 Å². The van der Waals surface area contributed by atoms with Crippen molar-refractivity contribution in [3.05, 3.63) is 30.0 Å². The predicted octanol–water partition coefficient (Wildman–Crippen LogP) is 2.26.